The molecule has 3 N–H and O–H groups in total. The highest BCUT2D eigenvalue weighted by atomic mass is 35.5. The smallest absolute Gasteiger partial charge is 0.227 e. The molecule has 1 amide bonds. The Hall–Kier alpha value is -2.97. The average Bonchev–Trinajstić information content (AvgIpc) is 3.32. The normalized spacial score (nSPS) is 15.9. The first kappa shape index (κ1) is 24.2. The molecular weight excluding hydrogens is 450 g/mol. The number of nitrogens with one attached hydrogen (secondary N) is 1. The number of halogens is 1. The van der Waals surface area contributed by atoms with Crippen LogP contribution < -0.4 is 11.1 Å². The summed E-state index contributed by atoms with van der Waals surface area (Å²) < 4.78 is 2.04. The van der Waals surface area contributed by atoms with E-state index in [4.69, 9.17) is 17.3 Å². The highest BCUT2D eigenvalue weighted by Crippen LogP contribution is 2.25. The van der Waals surface area contributed by atoms with E-state index in [0.717, 1.165) is 55.0 Å². The first-order chi connectivity index (χ1) is 16.4. The van der Waals surface area contributed by atoms with Gasteiger partial charge in [-0.25, -0.2) is 9.97 Å². The Labute approximate surface area is 205 Å². The van der Waals surface area contributed by atoms with E-state index in [2.05, 4.69) is 32.2 Å². The van der Waals surface area contributed by atoms with E-state index in [0.29, 0.717) is 29.9 Å². The Morgan fingerprint density at radius 3 is 2.74 bits per heavy atom. The first-order valence-corrected chi connectivity index (χ1v) is 12.2. The molecule has 3 heterocycles. The van der Waals surface area contributed by atoms with Crippen molar-refractivity contribution in [1.29, 1.82) is 0 Å². The lowest BCUT2D eigenvalue weighted by Gasteiger charge is -2.31. The Kier molecular flexibility index (Phi) is 7.80. The van der Waals surface area contributed by atoms with Crippen molar-refractivity contribution >= 4 is 29.1 Å². The highest BCUT2D eigenvalue weighted by Gasteiger charge is 2.20. The maximum atomic E-state index is 11.7. The number of carbonyl (C=O) groups is 1. The lowest BCUT2D eigenvalue weighted by atomic mass is 9.92. The van der Waals surface area contributed by atoms with Crippen LogP contribution in [0.15, 0.2) is 42.9 Å². The van der Waals surface area contributed by atoms with Gasteiger partial charge >= 0.3 is 0 Å². The van der Waals surface area contributed by atoms with Crippen molar-refractivity contribution < 1.29 is 4.79 Å². The van der Waals surface area contributed by atoms with Crippen LogP contribution in [0.25, 0.3) is 0 Å². The van der Waals surface area contributed by atoms with Gasteiger partial charge in [-0.3, -0.25) is 9.48 Å². The van der Waals surface area contributed by atoms with E-state index >= 15 is 0 Å². The molecule has 2 aromatic heterocycles. The third kappa shape index (κ3) is 5.74. The molecule has 0 spiro atoms. The molecule has 1 aliphatic rings. The Morgan fingerprint density at radius 1 is 1.24 bits per heavy atom. The molecule has 1 aliphatic heterocycles. The SMILES string of the molecule is CCN1CCC(n2cc(Nc3ncc(Cl)c(CCc4ccccc4C(C)C(N)=O)n3)cn2)CC1. The van der Waals surface area contributed by atoms with Crippen LogP contribution >= 0.6 is 11.6 Å². The molecule has 0 saturated carbocycles. The van der Waals surface area contributed by atoms with Gasteiger partial charge in [0.1, 0.15) is 0 Å². The number of piperidine rings is 1. The summed E-state index contributed by atoms with van der Waals surface area (Å²) in [5, 5.41) is 8.34. The number of nitrogens with zero attached hydrogens (tertiary/aromatic N) is 5. The second kappa shape index (κ2) is 11.0. The first-order valence-electron chi connectivity index (χ1n) is 11.9. The maximum Gasteiger partial charge on any atom is 0.227 e. The zero-order valence-electron chi connectivity index (χ0n) is 19.7. The zero-order chi connectivity index (χ0) is 24.1. The molecule has 1 fully saturated rings. The van der Waals surface area contributed by atoms with Crippen molar-refractivity contribution in [3.05, 3.63) is 64.7 Å². The zero-order valence-corrected chi connectivity index (χ0v) is 20.5. The number of rotatable bonds is 9. The van der Waals surface area contributed by atoms with Gasteiger partial charge in [0.15, 0.2) is 0 Å². The molecule has 1 unspecified atom stereocenters. The van der Waals surface area contributed by atoms with Gasteiger partial charge in [-0.1, -0.05) is 42.8 Å². The Balaban J connectivity index is 1.42. The van der Waals surface area contributed by atoms with Gasteiger partial charge in [0.25, 0.3) is 0 Å². The fourth-order valence-corrected chi connectivity index (χ4v) is 4.65. The van der Waals surface area contributed by atoms with Crippen LogP contribution in [0.1, 0.15) is 55.5 Å². The minimum absolute atomic E-state index is 0.338. The predicted molar refractivity (Wildman–Crippen MR) is 134 cm³/mol. The molecule has 3 aromatic rings. The summed E-state index contributed by atoms with van der Waals surface area (Å²) in [7, 11) is 0. The van der Waals surface area contributed by atoms with Crippen LogP contribution in [0.4, 0.5) is 11.6 Å². The van der Waals surface area contributed by atoms with Gasteiger partial charge < -0.3 is 16.0 Å². The number of benzene rings is 1. The van der Waals surface area contributed by atoms with Crippen molar-refractivity contribution in [3.8, 4) is 0 Å². The Morgan fingerprint density at radius 2 is 2.00 bits per heavy atom. The molecule has 34 heavy (non-hydrogen) atoms. The number of amides is 1. The molecule has 0 aliphatic carbocycles. The van der Waals surface area contributed by atoms with Crippen molar-refractivity contribution in [3.63, 3.8) is 0 Å². The lowest BCUT2D eigenvalue weighted by molar-refractivity contribution is -0.119. The van der Waals surface area contributed by atoms with E-state index in [1.165, 1.54) is 0 Å². The number of primary amides is 1. The minimum atomic E-state index is -0.347. The fourth-order valence-electron chi connectivity index (χ4n) is 4.46. The molecule has 1 atom stereocenters. The van der Waals surface area contributed by atoms with Gasteiger partial charge in [0.05, 0.1) is 40.8 Å². The molecule has 8 nitrogen and oxygen atoms in total. The van der Waals surface area contributed by atoms with Crippen molar-refractivity contribution in [2.24, 2.45) is 5.73 Å². The van der Waals surface area contributed by atoms with Crippen LogP contribution in [0, 0.1) is 0 Å². The Bertz CT molecular complexity index is 1120. The standard InChI is InChI=1S/C25H32ClN7O/c1-3-32-12-10-20(11-13-32)33-16-19(14-29-33)30-25-28-15-22(26)23(31-25)9-8-18-6-4-5-7-21(18)17(2)24(27)34/h4-7,14-17,20H,3,8-13H2,1-2H3,(H2,27,34)(H,28,30,31). The number of carbonyl (C=O) groups excluding carboxylic acids is 1. The van der Waals surface area contributed by atoms with Crippen molar-refractivity contribution in [2.75, 3.05) is 25.0 Å². The second-order valence-electron chi connectivity index (χ2n) is 8.81. The number of hydrogen-bond acceptors (Lipinski definition) is 6. The summed E-state index contributed by atoms with van der Waals surface area (Å²) in [6, 6.07) is 8.27. The van der Waals surface area contributed by atoms with E-state index < -0.39 is 0 Å². The van der Waals surface area contributed by atoms with E-state index in [9.17, 15) is 4.79 Å². The van der Waals surface area contributed by atoms with E-state index in [1.54, 1.807) is 6.20 Å². The number of likely N-dealkylation sites (tertiary alicyclic amines) is 1. The van der Waals surface area contributed by atoms with Crippen molar-refractivity contribution in [1.82, 2.24) is 24.6 Å². The van der Waals surface area contributed by atoms with Gasteiger partial charge in [0.2, 0.25) is 11.9 Å². The highest BCUT2D eigenvalue weighted by molar-refractivity contribution is 6.31. The number of nitrogens with two attached hydrogens (primary N) is 1. The summed E-state index contributed by atoms with van der Waals surface area (Å²) in [6.07, 6.45) is 8.97. The molecule has 9 heteroatoms. The van der Waals surface area contributed by atoms with Crippen molar-refractivity contribution in [2.45, 2.75) is 51.5 Å². The summed E-state index contributed by atoms with van der Waals surface area (Å²) in [5.74, 6) is -0.200. The molecule has 4 rings (SSSR count). The molecule has 0 bridgehead atoms. The summed E-state index contributed by atoms with van der Waals surface area (Å²) in [4.78, 5) is 23.1. The van der Waals surface area contributed by atoms with Gasteiger partial charge in [-0.15, -0.1) is 0 Å². The number of aromatic nitrogens is 4. The summed E-state index contributed by atoms with van der Waals surface area (Å²) in [5.41, 5.74) is 9.13. The van der Waals surface area contributed by atoms with Crippen LogP contribution in [0.3, 0.4) is 0 Å². The predicted octanol–water partition coefficient (Wildman–Crippen LogP) is 4.10. The quantitative estimate of drug-likeness (QED) is 0.477. The topological polar surface area (TPSA) is 102 Å². The molecule has 1 aromatic carbocycles. The largest absolute Gasteiger partial charge is 0.369 e. The average molecular weight is 482 g/mol. The summed E-state index contributed by atoms with van der Waals surface area (Å²) >= 11 is 6.40. The number of hydrogen-bond donors (Lipinski definition) is 2. The lowest BCUT2D eigenvalue weighted by Crippen LogP contribution is -2.34. The third-order valence-corrected chi connectivity index (χ3v) is 6.95. The van der Waals surface area contributed by atoms with Crippen LogP contribution in [-0.4, -0.2) is 50.2 Å². The van der Waals surface area contributed by atoms with Crippen LogP contribution in [-0.2, 0) is 17.6 Å². The third-order valence-electron chi connectivity index (χ3n) is 6.63. The molecule has 180 valence electrons. The van der Waals surface area contributed by atoms with E-state index in [-0.39, 0.29) is 11.8 Å². The molecule has 1 saturated heterocycles. The van der Waals surface area contributed by atoms with Crippen LogP contribution in [0.2, 0.25) is 5.02 Å². The fraction of sp³-hybridized carbons (Fsp3) is 0.440. The van der Waals surface area contributed by atoms with Crippen LogP contribution in [0.5, 0.6) is 0 Å². The van der Waals surface area contributed by atoms with Gasteiger partial charge in [0, 0.05) is 19.3 Å². The minimum Gasteiger partial charge on any atom is -0.369 e. The van der Waals surface area contributed by atoms with E-state index in [1.807, 2.05) is 48.3 Å². The molecule has 0 radical (unpaired) electrons. The second-order valence-corrected chi connectivity index (χ2v) is 9.22. The summed E-state index contributed by atoms with van der Waals surface area (Å²) in [6.45, 7) is 7.35. The van der Waals surface area contributed by atoms with Gasteiger partial charge in [-0.05, 0) is 50.3 Å². The van der Waals surface area contributed by atoms with Gasteiger partial charge in [-0.2, -0.15) is 5.10 Å². The number of aryl methyl sites for hydroxylation is 2. The monoisotopic (exact) mass is 481 g/mol. The maximum absolute atomic E-state index is 11.7. The molecular formula is C25H32ClN7O. The number of anilines is 2.